The summed E-state index contributed by atoms with van der Waals surface area (Å²) in [7, 11) is 0. The number of nitrogens with zero attached hydrogens (tertiary/aromatic N) is 3. The lowest BCUT2D eigenvalue weighted by atomic mass is 9.94. The highest BCUT2D eigenvalue weighted by Gasteiger charge is 2.40. The number of primary amides is 1. The molecule has 5 rings (SSSR count). The van der Waals surface area contributed by atoms with E-state index in [1.807, 2.05) is 0 Å². The lowest BCUT2D eigenvalue weighted by Gasteiger charge is -2.22. The molecule has 228 valence electrons. The van der Waals surface area contributed by atoms with Crippen LogP contribution in [0.1, 0.15) is 51.0 Å². The van der Waals surface area contributed by atoms with E-state index >= 15 is 0 Å². The molecule has 2 aromatic heterocycles. The van der Waals surface area contributed by atoms with Crippen LogP contribution in [-0.4, -0.2) is 32.4 Å². The van der Waals surface area contributed by atoms with Crippen LogP contribution in [0.3, 0.4) is 0 Å². The van der Waals surface area contributed by atoms with Crippen LogP contribution in [-0.2, 0) is 41.6 Å². The number of hydrogen-bond acceptors (Lipinski definition) is 5. The molecule has 1 aliphatic carbocycles. The molecule has 0 spiro atoms. The number of carbonyl (C=O) groups excluding carboxylic acids is 3. The molecule has 14 heteroatoms. The molecule has 2 amide bonds. The van der Waals surface area contributed by atoms with E-state index in [1.165, 1.54) is 24.4 Å². The summed E-state index contributed by atoms with van der Waals surface area (Å²) in [5.74, 6) is -4.81. The maximum atomic E-state index is 14.2. The van der Waals surface area contributed by atoms with Crippen molar-refractivity contribution in [2.75, 3.05) is 0 Å². The SMILES string of the molecule is NC(=O)c1cc(-c2cccnc2[C@H](Cc2cc(F)cc(F)c2)NC(=O)Cn2nc(C(F)(F)F)c3c2CC(=O)CC3)ccc1F. The number of halogens is 6. The fourth-order valence-electron chi connectivity index (χ4n) is 5.27. The molecule has 0 radical (unpaired) electrons. The maximum absolute atomic E-state index is 14.2. The highest BCUT2D eigenvalue weighted by Crippen LogP contribution is 2.35. The highest BCUT2D eigenvalue weighted by atomic mass is 19.4. The molecule has 0 saturated heterocycles. The van der Waals surface area contributed by atoms with E-state index in [0.717, 1.165) is 22.9 Å². The van der Waals surface area contributed by atoms with Crippen molar-refractivity contribution in [1.82, 2.24) is 20.1 Å². The van der Waals surface area contributed by atoms with E-state index in [9.17, 15) is 40.7 Å². The van der Waals surface area contributed by atoms with Crippen LogP contribution < -0.4 is 11.1 Å². The quantitative estimate of drug-likeness (QED) is 0.280. The van der Waals surface area contributed by atoms with Crippen LogP contribution in [0.15, 0.2) is 54.7 Å². The molecule has 1 atom stereocenters. The van der Waals surface area contributed by atoms with Gasteiger partial charge >= 0.3 is 6.18 Å². The number of hydrogen-bond donors (Lipinski definition) is 2. The molecular weight excluding hydrogens is 592 g/mol. The lowest BCUT2D eigenvalue weighted by Crippen LogP contribution is -2.34. The first-order valence-electron chi connectivity index (χ1n) is 13.3. The predicted molar refractivity (Wildman–Crippen MR) is 143 cm³/mol. The molecule has 8 nitrogen and oxygen atoms in total. The first kappa shape index (κ1) is 30.4. The van der Waals surface area contributed by atoms with Gasteiger partial charge in [0.15, 0.2) is 5.69 Å². The van der Waals surface area contributed by atoms with Gasteiger partial charge in [0.2, 0.25) is 5.91 Å². The summed E-state index contributed by atoms with van der Waals surface area (Å²) in [4.78, 5) is 41.5. The summed E-state index contributed by atoms with van der Waals surface area (Å²) < 4.78 is 84.3. The van der Waals surface area contributed by atoms with Gasteiger partial charge in [0.25, 0.3) is 5.91 Å². The first-order chi connectivity index (χ1) is 20.8. The predicted octanol–water partition coefficient (Wildman–Crippen LogP) is 4.64. The second kappa shape index (κ2) is 11.9. The van der Waals surface area contributed by atoms with Crippen molar-refractivity contribution in [2.45, 2.75) is 44.4 Å². The number of fused-ring (bicyclic) bond motifs is 1. The Morgan fingerprint density at radius 2 is 1.75 bits per heavy atom. The van der Waals surface area contributed by atoms with E-state index in [0.29, 0.717) is 11.6 Å². The summed E-state index contributed by atoms with van der Waals surface area (Å²) in [5.41, 5.74) is 4.38. The smallest absolute Gasteiger partial charge is 0.366 e. The molecule has 44 heavy (non-hydrogen) atoms. The third-order valence-corrected chi connectivity index (χ3v) is 7.16. The monoisotopic (exact) mass is 615 g/mol. The number of benzene rings is 2. The van der Waals surface area contributed by atoms with Crippen molar-refractivity contribution < 1.29 is 40.7 Å². The van der Waals surface area contributed by atoms with Gasteiger partial charge in [-0.15, -0.1) is 0 Å². The molecule has 3 N–H and O–H groups in total. The van der Waals surface area contributed by atoms with E-state index < -0.39 is 59.3 Å². The van der Waals surface area contributed by atoms with E-state index in [4.69, 9.17) is 5.73 Å². The van der Waals surface area contributed by atoms with Gasteiger partial charge in [-0.25, -0.2) is 13.2 Å². The number of alkyl halides is 3. The van der Waals surface area contributed by atoms with Gasteiger partial charge in [-0.3, -0.25) is 24.0 Å². The van der Waals surface area contributed by atoms with Crippen molar-refractivity contribution in [3.05, 3.63) is 106 Å². The van der Waals surface area contributed by atoms with Crippen LogP contribution in [0.2, 0.25) is 0 Å². The fourth-order valence-corrected chi connectivity index (χ4v) is 5.27. The zero-order valence-corrected chi connectivity index (χ0v) is 22.7. The van der Waals surface area contributed by atoms with Gasteiger partial charge in [-0.2, -0.15) is 18.3 Å². The summed E-state index contributed by atoms with van der Waals surface area (Å²) >= 11 is 0. The summed E-state index contributed by atoms with van der Waals surface area (Å²) in [6.07, 6.45) is -4.23. The van der Waals surface area contributed by atoms with Crippen LogP contribution in [0.25, 0.3) is 11.1 Å². The minimum Gasteiger partial charge on any atom is -0.366 e. The van der Waals surface area contributed by atoms with Gasteiger partial charge in [0.05, 0.1) is 23.0 Å². The normalized spacial score (nSPS) is 13.8. The minimum atomic E-state index is -4.81. The summed E-state index contributed by atoms with van der Waals surface area (Å²) in [5, 5.41) is 6.26. The van der Waals surface area contributed by atoms with Gasteiger partial charge < -0.3 is 11.1 Å². The van der Waals surface area contributed by atoms with Crippen molar-refractivity contribution >= 4 is 17.6 Å². The van der Waals surface area contributed by atoms with Crippen LogP contribution >= 0.6 is 0 Å². The Balaban J connectivity index is 1.53. The second-order valence-electron chi connectivity index (χ2n) is 10.2. The second-order valence-corrected chi connectivity index (χ2v) is 10.2. The Labute approximate surface area is 245 Å². The van der Waals surface area contributed by atoms with E-state index in [1.54, 1.807) is 6.07 Å². The van der Waals surface area contributed by atoms with Gasteiger partial charge in [-0.1, -0.05) is 12.1 Å². The van der Waals surface area contributed by atoms with Crippen molar-refractivity contribution in [1.29, 1.82) is 0 Å². The van der Waals surface area contributed by atoms with Crippen molar-refractivity contribution in [2.24, 2.45) is 5.73 Å². The topological polar surface area (TPSA) is 120 Å². The largest absolute Gasteiger partial charge is 0.435 e. The number of nitrogens with one attached hydrogen (secondary N) is 1. The molecule has 0 aliphatic heterocycles. The number of amides is 2. The zero-order valence-electron chi connectivity index (χ0n) is 22.7. The van der Waals surface area contributed by atoms with Gasteiger partial charge in [-0.05, 0) is 54.3 Å². The highest BCUT2D eigenvalue weighted by molar-refractivity contribution is 5.94. The minimum absolute atomic E-state index is 0.0173. The standard InChI is InChI=1S/C30H23F6N5O3/c31-17-8-15(9-18(32)12-17)10-24(27-20(2-1-7-38-27)16-3-6-23(33)22(11-16)29(37)44)39-26(43)14-41-25-13-19(42)4-5-21(25)28(40-41)30(34,35)36/h1-3,6-9,11-12,24H,4-5,10,13-14H2,(H2,37,44)(H,39,43)/t24-/m0/s1. The Morgan fingerprint density at radius 3 is 2.43 bits per heavy atom. The average Bonchev–Trinajstić information content (AvgIpc) is 3.30. The summed E-state index contributed by atoms with van der Waals surface area (Å²) in [6, 6.07) is 8.24. The number of Topliss-reactive ketones (excluding diaryl/α,β-unsaturated/α-hetero) is 1. The third kappa shape index (κ3) is 6.48. The Kier molecular flexibility index (Phi) is 8.26. The van der Waals surface area contributed by atoms with Crippen LogP contribution in [0, 0.1) is 17.5 Å². The number of ketones is 1. The average molecular weight is 616 g/mol. The van der Waals surface area contributed by atoms with Crippen LogP contribution in [0.5, 0.6) is 0 Å². The number of carbonyl (C=O) groups is 3. The maximum Gasteiger partial charge on any atom is 0.435 e. The number of pyridine rings is 1. The lowest BCUT2D eigenvalue weighted by molar-refractivity contribution is -0.142. The van der Waals surface area contributed by atoms with Crippen molar-refractivity contribution in [3.8, 4) is 11.1 Å². The molecule has 0 bridgehead atoms. The van der Waals surface area contributed by atoms with Gasteiger partial charge in [0.1, 0.15) is 29.8 Å². The van der Waals surface area contributed by atoms with E-state index in [2.05, 4.69) is 15.4 Å². The molecular formula is C30H23F6N5O3. The Hall–Kier alpha value is -5.01. The number of aromatic nitrogens is 3. The Morgan fingerprint density at radius 1 is 1.02 bits per heavy atom. The van der Waals surface area contributed by atoms with Crippen LogP contribution in [0.4, 0.5) is 26.3 Å². The molecule has 0 saturated carbocycles. The molecule has 2 aromatic carbocycles. The molecule has 1 aliphatic rings. The molecule has 0 unspecified atom stereocenters. The van der Waals surface area contributed by atoms with Gasteiger partial charge in [0, 0.05) is 36.2 Å². The fraction of sp³-hybridized carbons (Fsp3) is 0.233. The Bertz CT molecular complexity index is 1770. The molecule has 2 heterocycles. The third-order valence-electron chi connectivity index (χ3n) is 7.16. The summed E-state index contributed by atoms with van der Waals surface area (Å²) in [6.45, 7) is -0.704. The van der Waals surface area contributed by atoms with E-state index in [-0.39, 0.29) is 59.5 Å². The molecule has 0 fully saturated rings. The number of nitrogens with two attached hydrogens (primary N) is 1. The van der Waals surface area contributed by atoms with Crippen molar-refractivity contribution in [3.63, 3.8) is 0 Å². The first-order valence-corrected chi connectivity index (χ1v) is 13.3. The zero-order chi connectivity index (χ0) is 31.8. The number of rotatable bonds is 8. The molecule has 4 aromatic rings.